The number of carbonyl (C=O) groups excluding carboxylic acids is 5. The minimum Gasteiger partial charge on any atom is -0.379 e. The summed E-state index contributed by atoms with van der Waals surface area (Å²) >= 11 is 0. The first-order chi connectivity index (χ1) is 30.7. The second-order valence-corrected chi connectivity index (χ2v) is 18.5. The zero-order chi connectivity index (χ0) is 44.1. The van der Waals surface area contributed by atoms with Gasteiger partial charge >= 0.3 is 0 Å². The summed E-state index contributed by atoms with van der Waals surface area (Å²) < 4.78 is 5.68. The summed E-state index contributed by atoms with van der Waals surface area (Å²) in [6.07, 6.45) is 16.4. The van der Waals surface area contributed by atoms with Crippen molar-refractivity contribution in [2.24, 2.45) is 17.8 Å². The lowest BCUT2D eigenvalue weighted by Gasteiger charge is -2.18. The van der Waals surface area contributed by atoms with Gasteiger partial charge in [-0.15, -0.1) is 0 Å². The van der Waals surface area contributed by atoms with Gasteiger partial charge in [-0.05, 0) is 54.7 Å². The summed E-state index contributed by atoms with van der Waals surface area (Å²) in [7, 11) is 1.58. The summed E-state index contributed by atoms with van der Waals surface area (Å²) in [5.74, 6) is -2.42. The Morgan fingerprint density at radius 1 is 0.524 bits per heavy atom. The van der Waals surface area contributed by atoms with Crippen molar-refractivity contribution in [2.75, 3.05) is 39.8 Å². The quantitative estimate of drug-likeness (QED) is 0.0840. The molecule has 338 valence electrons. The first-order valence-corrected chi connectivity index (χ1v) is 24.0. The van der Waals surface area contributed by atoms with Crippen LogP contribution in [0, 0.1) is 17.8 Å². The normalized spacial score (nSPS) is 24.8. The molecular formula is C52H69N5O6. The molecule has 4 aliphatic rings. The summed E-state index contributed by atoms with van der Waals surface area (Å²) in [5.41, 5.74) is 3.13. The van der Waals surface area contributed by atoms with E-state index in [9.17, 15) is 24.0 Å². The Morgan fingerprint density at radius 3 is 1.38 bits per heavy atom. The van der Waals surface area contributed by atoms with E-state index in [1.165, 1.54) is 75.3 Å². The Morgan fingerprint density at radius 2 is 0.937 bits per heavy atom. The molecule has 4 fully saturated rings. The number of likely N-dealkylation sites (tertiary alicyclic amines) is 2. The predicted molar refractivity (Wildman–Crippen MR) is 245 cm³/mol. The highest BCUT2D eigenvalue weighted by atomic mass is 16.5. The van der Waals surface area contributed by atoms with Crippen LogP contribution in [0.4, 0.5) is 0 Å². The van der Waals surface area contributed by atoms with Gasteiger partial charge in [0.25, 0.3) is 11.8 Å². The molecule has 11 nitrogen and oxygen atoms in total. The van der Waals surface area contributed by atoms with Crippen LogP contribution in [0.3, 0.4) is 0 Å². The molecule has 0 unspecified atom stereocenters. The number of hydrogen-bond acceptors (Lipinski definition) is 6. The average Bonchev–Trinajstić information content (AvgIpc) is 4.16. The zero-order valence-electron chi connectivity index (χ0n) is 37.5. The molecule has 5 amide bonds. The van der Waals surface area contributed by atoms with Gasteiger partial charge in [0.1, 0.15) is 0 Å². The Hall–Kier alpha value is -5.03. The maximum Gasteiger partial charge on any atom is 0.253 e. The van der Waals surface area contributed by atoms with Crippen LogP contribution in [0.5, 0.6) is 0 Å². The summed E-state index contributed by atoms with van der Waals surface area (Å²) in [6, 6.07) is 26.7. The van der Waals surface area contributed by atoms with E-state index >= 15 is 0 Å². The SMILES string of the molecule is CCCCCCCCCCCCCCNC(=O)[C@H]1CN(C(=O)c2ccc(C(=O)N3C[C@@H](C(=O)N[C@H]4C[C@@H]4c4ccccc4)[C@H](C(=O)N[C@H]4C[C@@H]4c4ccccc4)C3)cc2)C[C@@H]1OC. The number of nitrogens with zero attached hydrogens (tertiary/aromatic N) is 2. The van der Waals surface area contributed by atoms with Crippen LogP contribution in [0.1, 0.15) is 140 Å². The van der Waals surface area contributed by atoms with E-state index in [1.54, 1.807) is 41.2 Å². The van der Waals surface area contributed by atoms with Crippen LogP contribution in [-0.2, 0) is 19.1 Å². The van der Waals surface area contributed by atoms with Gasteiger partial charge < -0.3 is 30.5 Å². The Labute approximate surface area is 374 Å². The van der Waals surface area contributed by atoms with Crippen LogP contribution >= 0.6 is 0 Å². The minimum atomic E-state index is -0.695. The minimum absolute atomic E-state index is 0.00663. The molecule has 2 saturated heterocycles. The van der Waals surface area contributed by atoms with Crippen LogP contribution in [0.25, 0.3) is 0 Å². The van der Waals surface area contributed by atoms with Gasteiger partial charge in [0.2, 0.25) is 17.7 Å². The maximum atomic E-state index is 14.0. The number of rotatable bonds is 23. The maximum absolute atomic E-state index is 14.0. The third kappa shape index (κ3) is 12.4. The second-order valence-electron chi connectivity index (χ2n) is 18.5. The molecule has 2 heterocycles. The third-order valence-corrected chi connectivity index (χ3v) is 13.9. The van der Waals surface area contributed by atoms with Gasteiger partial charge in [-0.1, -0.05) is 138 Å². The van der Waals surface area contributed by atoms with Crippen molar-refractivity contribution in [3.8, 4) is 0 Å². The fourth-order valence-corrected chi connectivity index (χ4v) is 9.79. The molecule has 7 rings (SSSR count). The van der Waals surface area contributed by atoms with Gasteiger partial charge in [-0.25, -0.2) is 0 Å². The molecule has 0 radical (unpaired) electrons. The topological polar surface area (TPSA) is 137 Å². The lowest BCUT2D eigenvalue weighted by Crippen LogP contribution is -2.43. The molecule has 0 bridgehead atoms. The number of unbranched alkanes of at least 4 members (excludes halogenated alkanes) is 11. The molecule has 0 aromatic heterocycles. The molecule has 11 heteroatoms. The van der Waals surface area contributed by atoms with E-state index in [-0.39, 0.29) is 73.1 Å². The Kier molecular flexibility index (Phi) is 16.5. The monoisotopic (exact) mass is 860 g/mol. The largest absolute Gasteiger partial charge is 0.379 e. The summed E-state index contributed by atoms with van der Waals surface area (Å²) in [5, 5.41) is 9.47. The molecule has 3 aromatic carbocycles. The highest BCUT2D eigenvalue weighted by Crippen LogP contribution is 2.43. The standard InChI is InChI=1S/C52H69N5O6/c1-3-4-5-6-7-8-9-10-11-12-13-20-29-53-48(58)44-34-57(35-47(44)63-2)52(62)39-27-25-38(26-28-39)51(61)56-32-42(49(59)54-45-30-40(45)36-21-16-14-17-22-36)43(33-56)50(60)55-46-31-41(46)37-23-18-15-19-24-37/h14-19,21-28,40-47H,3-13,20,29-35H2,1-2H3,(H,53,58)(H,54,59)(H,55,60)/t40-,41-,42-,43-,44+,45+,46+,47+/m1/s1. The van der Waals surface area contributed by atoms with Crippen LogP contribution in [0.15, 0.2) is 84.9 Å². The molecule has 3 aromatic rings. The highest BCUT2D eigenvalue weighted by molar-refractivity contribution is 5.99. The molecule has 0 spiro atoms. The highest BCUT2D eigenvalue weighted by Gasteiger charge is 2.49. The van der Waals surface area contributed by atoms with Crippen molar-refractivity contribution in [2.45, 2.75) is 127 Å². The van der Waals surface area contributed by atoms with E-state index in [0.29, 0.717) is 24.2 Å². The lowest BCUT2D eigenvalue weighted by atomic mass is 9.94. The molecular weight excluding hydrogens is 791 g/mol. The number of nitrogens with one attached hydrogen (secondary N) is 3. The van der Waals surface area contributed by atoms with Gasteiger partial charge in [0, 0.05) is 74.9 Å². The Bertz CT molecular complexity index is 1900. The fraction of sp³-hybridized carbons (Fsp3) is 0.558. The van der Waals surface area contributed by atoms with Crippen molar-refractivity contribution < 1.29 is 28.7 Å². The van der Waals surface area contributed by atoms with Gasteiger partial charge in [0.15, 0.2) is 0 Å². The number of hydrogen-bond donors (Lipinski definition) is 3. The van der Waals surface area contributed by atoms with Crippen molar-refractivity contribution in [3.63, 3.8) is 0 Å². The molecule has 3 N–H and O–H groups in total. The van der Waals surface area contributed by atoms with Crippen LogP contribution < -0.4 is 16.0 Å². The van der Waals surface area contributed by atoms with Gasteiger partial charge in [0.05, 0.1) is 23.9 Å². The molecule has 8 atom stereocenters. The van der Waals surface area contributed by atoms with E-state index in [0.717, 1.165) is 25.7 Å². The average molecular weight is 860 g/mol. The lowest BCUT2D eigenvalue weighted by molar-refractivity contribution is -0.133. The Balaban J connectivity index is 0.888. The first kappa shape index (κ1) is 46.0. The van der Waals surface area contributed by atoms with Crippen molar-refractivity contribution in [1.29, 1.82) is 0 Å². The van der Waals surface area contributed by atoms with E-state index < -0.39 is 23.9 Å². The summed E-state index contributed by atoms with van der Waals surface area (Å²) in [4.78, 5) is 72.0. The third-order valence-electron chi connectivity index (χ3n) is 13.9. The van der Waals surface area contributed by atoms with Crippen molar-refractivity contribution >= 4 is 29.5 Å². The van der Waals surface area contributed by atoms with Crippen molar-refractivity contribution in [1.82, 2.24) is 25.8 Å². The number of benzene rings is 3. The molecule has 2 saturated carbocycles. The zero-order valence-corrected chi connectivity index (χ0v) is 37.5. The number of ether oxygens (including phenoxy) is 1. The van der Waals surface area contributed by atoms with Gasteiger partial charge in [-0.2, -0.15) is 0 Å². The number of carbonyl (C=O) groups is 5. The molecule has 2 aliphatic carbocycles. The fourth-order valence-electron chi connectivity index (χ4n) is 9.79. The summed E-state index contributed by atoms with van der Waals surface area (Å²) in [6.45, 7) is 3.66. The molecule has 2 aliphatic heterocycles. The van der Waals surface area contributed by atoms with E-state index in [1.807, 2.05) is 36.4 Å². The number of amides is 5. The van der Waals surface area contributed by atoms with E-state index in [2.05, 4.69) is 47.1 Å². The van der Waals surface area contributed by atoms with Gasteiger partial charge in [-0.3, -0.25) is 24.0 Å². The smallest absolute Gasteiger partial charge is 0.253 e. The van der Waals surface area contributed by atoms with Crippen molar-refractivity contribution in [3.05, 3.63) is 107 Å². The van der Waals surface area contributed by atoms with Crippen LogP contribution in [0.2, 0.25) is 0 Å². The van der Waals surface area contributed by atoms with Crippen LogP contribution in [-0.4, -0.2) is 97.4 Å². The van der Waals surface area contributed by atoms with E-state index in [4.69, 9.17) is 4.74 Å². The first-order valence-electron chi connectivity index (χ1n) is 24.0. The predicted octanol–water partition coefficient (Wildman–Crippen LogP) is 7.62. The molecule has 63 heavy (non-hydrogen) atoms. The second kappa shape index (κ2) is 22.5. The number of methoxy groups -OCH3 is 1.